The molecule has 3 atom stereocenters. The average Bonchev–Trinajstić information content (AvgIpc) is 2.76. The third kappa shape index (κ3) is 4.44. The van der Waals surface area contributed by atoms with Gasteiger partial charge < -0.3 is 10.1 Å². The molecule has 0 aromatic heterocycles. The number of nitrogens with one attached hydrogen (secondary N) is 1. The van der Waals surface area contributed by atoms with Gasteiger partial charge in [-0.05, 0) is 63.5 Å². The molecule has 0 aromatic rings. The van der Waals surface area contributed by atoms with Crippen molar-refractivity contribution >= 4 is 0 Å². The van der Waals surface area contributed by atoms with Gasteiger partial charge in [-0.1, -0.05) is 18.6 Å². The first-order valence-corrected chi connectivity index (χ1v) is 7.20. The van der Waals surface area contributed by atoms with Gasteiger partial charge in [0.2, 0.25) is 0 Å². The van der Waals surface area contributed by atoms with Crippen molar-refractivity contribution in [3.8, 4) is 0 Å². The molecule has 17 heavy (non-hydrogen) atoms. The zero-order valence-corrected chi connectivity index (χ0v) is 11.4. The van der Waals surface area contributed by atoms with E-state index in [1.807, 2.05) is 0 Å². The number of allylic oxidation sites excluding steroid dienone is 2. The highest BCUT2D eigenvalue weighted by atomic mass is 16.5. The van der Waals surface area contributed by atoms with E-state index in [1.165, 1.54) is 38.8 Å². The number of ether oxygens (including phenoxy) is 1. The SMILES string of the molecule is CC1=CC(C)CC(CNCCC2CCOC2)C1. The number of rotatable bonds is 5. The highest BCUT2D eigenvalue weighted by molar-refractivity contribution is 5.06. The van der Waals surface area contributed by atoms with Crippen LogP contribution in [0.1, 0.15) is 39.5 Å². The van der Waals surface area contributed by atoms with Crippen LogP contribution in [0.5, 0.6) is 0 Å². The van der Waals surface area contributed by atoms with E-state index < -0.39 is 0 Å². The maximum atomic E-state index is 5.40. The molecule has 0 amide bonds. The largest absolute Gasteiger partial charge is 0.381 e. The summed E-state index contributed by atoms with van der Waals surface area (Å²) >= 11 is 0. The molecule has 1 saturated heterocycles. The summed E-state index contributed by atoms with van der Waals surface area (Å²) in [5, 5.41) is 3.64. The lowest BCUT2D eigenvalue weighted by molar-refractivity contribution is 0.184. The number of hydrogen-bond donors (Lipinski definition) is 1. The molecule has 0 aromatic carbocycles. The molecule has 2 nitrogen and oxygen atoms in total. The lowest BCUT2D eigenvalue weighted by Crippen LogP contribution is -2.27. The van der Waals surface area contributed by atoms with Gasteiger partial charge in [-0.3, -0.25) is 0 Å². The van der Waals surface area contributed by atoms with Crippen LogP contribution in [-0.2, 0) is 4.74 Å². The third-order valence-electron chi connectivity index (χ3n) is 4.07. The Balaban J connectivity index is 1.57. The first kappa shape index (κ1) is 13.1. The van der Waals surface area contributed by atoms with Crippen molar-refractivity contribution in [3.63, 3.8) is 0 Å². The maximum Gasteiger partial charge on any atom is 0.0495 e. The summed E-state index contributed by atoms with van der Waals surface area (Å²) in [5.41, 5.74) is 1.58. The van der Waals surface area contributed by atoms with E-state index in [0.29, 0.717) is 0 Å². The summed E-state index contributed by atoms with van der Waals surface area (Å²) in [6, 6.07) is 0. The normalized spacial score (nSPS) is 33.8. The Bertz CT molecular complexity index is 256. The smallest absolute Gasteiger partial charge is 0.0495 e. The topological polar surface area (TPSA) is 21.3 Å². The van der Waals surface area contributed by atoms with Gasteiger partial charge in [-0.15, -0.1) is 0 Å². The lowest BCUT2D eigenvalue weighted by atomic mass is 9.84. The predicted molar refractivity (Wildman–Crippen MR) is 72.1 cm³/mol. The van der Waals surface area contributed by atoms with E-state index in [1.54, 1.807) is 5.57 Å². The van der Waals surface area contributed by atoms with E-state index >= 15 is 0 Å². The molecule has 0 radical (unpaired) electrons. The lowest BCUT2D eigenvalue weighted by Gasteiger charge is -2.25. The summed E-state index contributed by atoms with van der Waals surface area (Å²) in [6.07, 6.45) is 7.65. The van der Waals surface area contributed by atoms with Gasteiger partial charge in [0.05, 0.1) is 0 Å². The van der Waals surface area contributed by atoms with Crippen LogP contribution in [0.4, 0.5) is 0 Å². The monoisotopic (exact) mass is 237 g/mol. The van der Waals surface area contributed by atoms with Gasteiger partial charge in [0, 0.05) is 13.2 Å². The van der Waals surface area contributed by atoms with Crippen molar-refractivity contribution in [1.29, 1.82) is 0 Å². The maximum absolute atomic E-state index is 5.40. The van der Waals surface area contributed by atoms with Crippen LogP contribution >= 0.6 is 0 Å². The fourth-order valence-corrected chi connectivity index (χ4v) is 3.27. The summed E-state index contributed by atoms with van der Waals surface area (Å²) in [4.78, 5) is 0. The number of hydrogen-bond acceptors (Lipinski definition) is 2. The molecule has 2 heteroatoms. The van der Waals surface area contributed by atoms with Crippen molar-refractivity contribution in [2.24, 2.45) is 17.8 Å². The minimum absolute atomic E-state index is 0.777. The molecule has 0 saturated carbocycles. The molecule has 1 aliphatic carbocycles. The average molecular weight is 237 g/mol. The highest BCUT2D eigenvalue weighted by Gasteiger charge is 2.18. The minimum Gasteiger partial charge on any atom is -0.381 e. The summed E-state index contributed by atoms with van der Waals surface area (Å²) in [5.74, 6) is 2.45. The second-order valence-electron chi connectivity index (χ2n) is 6.02. The van der Waals surface area contributed by atoms with Gasteiger partial charge in [0.1, 0.15) is 0 Å². The van der Waals surface area contributed by atoms with E-state index in [9.17, 15) is 0 Å². The molecule has 98 valence electrons. The standard InChI is InChI=1S/C15H27NO/c1-12-7-13(2)9-15(8-12)10-16-5-3-14-4-6-17-11-14/h7,12,14-16H,3-6,8-11H2,1-2H3. The Morgan fingerprint density at radius 3 is 3.00 bits per heavy atom. The van der Waals surface area contributed by atoms with E-state index in [4.69, 9.17) is 4.74 Å². The summed E-state index contributed by atoms with van der Waals surface area (Å²) in [6.45, 7) is 8.95. The van der Waals surface area contributed by atoms with E-state index in [0.717, 1.165) is 31.0 Å². The third-order valence-corrected chi connectivity index (χ3v) is 4.07. The molecule has 1 heterocycles. The molecule has 1 N–H and O–H groups in total. The van der Waals surface area contributed by atoms with Crippen molar-refractivity contribution < 1.29 is 4.74 Å². The van der Waals surface area contributed by atoms with Crippen molar-refractivity contribution in [3.05, 3.63) is 11.6 Å². The van der Waals surface area contributed by atoms with Crippen LogP contribution in [0.15, 0.2) is 11.6 Å². The van der Waals surface area contributed by atoms with Gasteiger partial charge in [-0.2, -0.15) is 0 Å². The Hall–Kier alpha value is -0.340. The molecular formula is C15H27NO. The zero-order valence-electron chi connectivity index (χ0n) is 11.4. The van der Waals surface area contributed by atoms with Gasteiger partial charge in [0.15, 0.2) is 0 Å². The van der Waals surface area contributed by atoms with Crippen molar-refractivity contribution in [1.82, 2.24) is 5.32 Å². The van der Waals surface area contributed by atoms with Gasteiger partial charge >= 0.3 is 0 Å². The van der Waals surface area contributed by atoms with Crippen molar-refractivity contribution in [2.75, 3.05) is 26.3 Å². The molecule has 2 rings (SSSR count). The molecule has 1 aliphatic heterocycles. The highest BCUT2D eigenvalue weighted by Crippen LogP contribution is 2.27. The first-order chi connectivity index (χ1) is 8.24. The van der Waals surface area contributed by atoms with Gasteiger partial charge in [-0.25, -0.2) is 0 Å². The summed E-state index contributed by atoms with van der Waals surface area (Å²) in [7, 11) is 0. The molecule has 0 bridgehead atoms. The zero-order chi connectivity index (χ0) is 12.1. The quantitative estimate of drug-likeness (QED) is 0.586. The Morgan fingerprint density at radius 2 is 2.29 bits per heavy atom. The van der Waals surface area contributed by atoms with Crippen molar-refractivity contribution in [2.45, 2.75) is 39.5 Å². The fourth-order valence-electron chi connectivity index (χ4n) is 3.27. The Morgan fingerprint density at radius 1 is 1.41 bits per heavy atom. The Kier molecular flexibility index (Phi) is 5.05. The van der Waals surface area contributed by atoms with Crippen LogP contribution in [0.25, 0.3) is 0 Å². The van der Waals surface area contributed by atoms with E-state index in [-0.39, 0.29) is 0 Å². The Labute approximate surface area is 106 Å². The van der Waals surface area contributed by atoms with Crippen LogP contribution in [0.2, 0.25) is 0 Å². The van der Waals surface area contributed by atoms with E-state index in [2.05, 4.69) is 25.2 Å². The van der Waals surface area contributed by atoms with Gasteiger partial charge in [0.25, 0.3) is 0 Å². The molecular weight excluding hydrogens is 210 g/mol. The van der Waals surface area contributed by atoms with Crippen LogP contribution in [0, 0.1) is 17.8 Å². The van der Waals surface area contributed by atoms with Crippen LogP contribution in [-0.4, -0.2) is 26.3 Å². The molecule has 3 unspecified atom stereocenters. The molecule has 2 aliphatic rings. The predicted octanol–water partition coefficient (Wildman–Crippen LogP) is 3.00. The summed E-state index contributed by atoms with van der Waals surface area (Å²) < 4.78 is 5.40. The second-order valence-corrected chi connectivity index (χ2v) is 6.02. The first-order valence-electron chi connectivity index (χ1n) is 7.20. The second kappa shape index (κ2) is 6.55. The minimum atomic E-state index is 0.777. The fraction of sp³-hybridized carbons (Fsp3) is 0.867. The van der Waals surface area contributed by atoms with Crippen LogP contribution < -0.4 is 5.32 Å². The molecule has 1 fully saturated rings. The molecule has 0 spiro atoms. The van der Waals surface area contributed by atoms with Crippen LogP contribution in [0.3, 0.4) is 0 Å².